The topological polar surface area (TPSA) is 51.2 Å². The van der Waals surface area contributed by atoms with Gasteiger partial charge in [0, 0.05) is 12.7 Å². The molecule has 0 atom stereocenters. The van der Waals surface area contributed by atoms with Crippen molar-refractivity contribution < 1.29 is 13.2 Å². The van der Waals surface area contributed by atoms with Gasteiger partial charge >= 0.3 is 0 Å². The highest BCUT2D eigenvalue weighted by atomic mass is 32.2. The minimum Gasteiger partial charge on any atom is -0.298 e. The molecule has 0 aliphatic heterocycles. The van der Waals surface area contributed by atoms with Gasteiger partial charge in [-0.3, -0.25) is 4.79 Å². The Hall–Kier alpha value is -1.16. The van der Waals surface area contributed by atoms with Crippen LogP contribution in [0.4, 0.5) is 0 Å². The Bertz CT molecular complexity index is 519. The molecule has 0 saturated heterocycles. The second kappa shape index (κ2) is 5.00. The van der Waals surface area contributed by atoms with Crippen LogP contribution in [0.5, 0.6) is 0 Å². The van der Waals surface area contributed by atoms with Crippen LogP contribution < -0.4 is 0 Å². The first-order valence-corrected chi connectivity index (χ1v) is 7.51. The van der Waals surface area contributed by atoms with E-state index in [4.69, 9.17) is 0 Å². The van der Waals surface area contributed by atoms with Crippen LogP contribution >= 0.6 is 0 Å². The number of carbonyl (C=O) groups excluding carboxylic acids is 1. The van der Waals surface area contributed by atoms with Crippen molar-refractivity contribution in [3.63, 3.8) is 0 Å². The second-order valence-corrected chi connectivity index (χ2v) is 6.80. The van der Waals surface area contributed by atoms with E-state index in [1.807, 2.05) is 32.9 Å². The fourth-order valence-corrected chi connectivity index (χ4v) is 2.72. The summed E-state index contributed by atoms with van der Waals surface area (Å²) >= 11 is 0. The number of Topliss-reactive ketones (excluding diaryl/α,β-unsaturated/α-hetero) is 1. The average Bonchev–Trinajstić information content (AvgIpc) is 2.08. The van der Waals surface area contributed by atoms with Crippen molar-refractivity contribution in [3.8, 4) is 0 Å². The Morgan fingerprint density at radius 1 is 1.12 bits per heavy atom. The highest BCUT2D eigenvalue weighted by Crippen LogP contribution is 2.17. The van der Waals surface area contributed by atoms with E-state index in [9.17, 15) is 13.2 Å². The molecule has 0 spiro atoms. The molecule has 1 rings (SSSR count). The maximum Gasteiger partial charge on any atom is 0.154 e. The summed E-state index contributed by atoms with van der Waals surface area (Å²) in [7, 11) is -3.23. The first-order chi connectivity index (χ1) is 7.69. The van der Waals surface area contributed by atoms with Crippen LogP contribution in [0.25, 0.3) is 0 Å². The number of carbonyl (C=O) groups is 1. The van der Waals surface area contributed by atoms with Crippen LogP contribution in [0, 0.1) is 20.8 Å². The number of ketones is 1. The van der Waals surface area contributed by atoms with Gasteiger partial charge < -0.3 is 0 Å². The maximum atomic E-state index is 11.6. The van der Waals surface area contributed by atoms with Crippen molar-refractivity contribution in [1.82, 2.24) is 0 Å². The van der Waals surface area contributed by atoms with Gasteiger partial charge in [-0.2, -0.15) is 0 Å². The summed E-state index contributed by atoms with van der Waals surface area (Å²) < 4.78 is 22.1. The molecule has 0 fully saturated rings. The van der Waals surface area contributed by atoms with Crippen LogP contribution in [0.15, 0.2) is 12.1 Å². The lowest BCUT2D eigenvalue weighted by Gasteiger charge is -2.10. The molecule has 94 valence electrons. The number of aryl methyl sites for hydroxylation is 3. The normalized spacial score (nSPS) is 11.5. The summed E-state index contributed by atoms with van der Waals surface area (Å²) in [6.07, 6.45) is 1.28. The molecule has 4 heteroatoms. The van der Waals surface area contributed by atoms with Gasteiger partial charge in [-0.25, -0.2) is 8.42 Å². The van der Waals surface area contributed by atoms with Crippen molar-refractivity contribution in [2.24, 2.45) is 0 Å². The van der Waals surface area contributed by atoms with Gasteiger partial charge in [0.25, 0.3) is 0 Å². The Morgan fingerprint density at radius 3 is 2.00 bits per heavy atom. The first-order valence-electron chi connectivity index (χ1n) is 5.45. The lowest BCUT2D eigenvalue weighted by molar-refractivity contribution is -0.116. The SMILES string of the molecule is Cc1cc(C)c(CC(=O)CS(C)(=O)=O)c(C)c1. The molecule has 0 aliphatic rings. The third-order valence-corrected chi connectivity index (χ3v) is 3.48. The van der Waals surface area contributed by atoms with Crippen molar-refractivity contribution in [2.75, 3.05) is 12.0 Å². The minimum absolute atomic E-state index is 0.199. The van der Waals surface area contributed by atoms with Crippen molar-refractivity contribution in [2.45, 2.75) is 27.2 Å². The molecule has 3 nitrogen and oxygen atoms in total. The van der Waals surface area contributed by atoms with E-state index in [1.54, 1.807) is 0 Å². The van der Waals surface area contributed by atoms with Gasteiger partial charge in [-0.15, -0.1) is 0 Å². The molecule has 0 bridgehead atoms. The first kappa shape index (κ1) is 13.9. The number of hydrogen-bond acceptors (Lipinski definition) is 3. The zero-order chi connectivity index (χ0) is 13.2. The van der Waals surface area contributed by atoms with Gasteiger partial charge in [0.15, 0.2) is 15.6 Å². The van der Waals surface area contributed by atoms with Gasteiger partial charge in [0.2, 0.25) is 0 Å². The molecule has 0 aromatic heterocycles. The van der Waals surface area contributed by atoms with Gasteiger partial charge in [-0.05, 0) is 37.5 Å². The van der Waals surface area contributed by atoms with E-state index < -0.39 is 9.84 Å². The molecule has 17 heavy (non-hydrogen) atoms. The van der Waals surface area contributed by atoms with Crippen molar-refractivity contribution in [3.05, 3.63) is 34.4 Å². The number of rotatable bonds is 4. The van der Waals surface area contributed by atoms with E-state index in [2.05, 4.69) is 0 Å². The number of hydrogen-bond donors (Lipinski definition) is 0. The average molecular weight is 254 g/mol. The van der Waals surface area contributed by atoms with Crippen LogP contribution in [0.2, 0.25) is 0 Å². The van der Waals surface area contributed by atoms with Gasteiger partial charge in [-0.1, -0.05) is 17.7 Å². The summed E-state index contributed by atoms with van der Waals surface area (Å²) in [5.41, 5.74) is 4.19. The predicted octanol–water partition coefficient (Wildman–Crippen LogP) is 1.77. The van der Waals surface area contributed by atoms with E-state index in [0.717, 1.165) is 28.5 Å². The highest BCUT2D eigenvalue weighted by molar-refractivity contribution is 7.91. The molecule has 0 heterocycles. The third-order valence-electron chi connectivity index (χ3n) is 2.64. The standard InChI is InChI=1S/C13H18O3S/c1-9-5-10(2)13(11(3)6-9)7-12(14)8-17(4,15)16/h5-6H,7-8H2,1-4H3. The molecule has 1 aromatic rings. The van der Waals surface area contributed by atoms with Crippen molar-refractivity contribution >= 4 is 15.6 Å². The Labute approximate surface area is 103 Å². The van der Waals surface area contributed by atoms with Crippen LogP contribution in [-0.2, 0) is 21.1 Å². The number of sulfone groups is 1. The monoisotopic (exact) mass is 254 g/mol. The molecule has 0 aliphatic carbocycles. The Morgan fingerprint density at radius 2 is 1.59 bits per heavy atom. The lowest BCUT2D eigenvalue weighted by Crippen LogP contribution is -2.17. The largest absolute Gasteiger partial charge is 0.298 e. The molecule has 0 saturated carbocycles. The van der Waals surface area contributed by atoms with E-state index in [-0.39, 0.29) is 18.0 Å². The Kier molecular flexibility index (Phi) is 4.09. The molecule has 0 N–H and O–H groups in total. The summed E-state index contributed by atoms with van der Waals surface area (Å²) in [6, 6.07) is 4.02. The summed E-state index contributed by atoms with van der Waals surface area (Å²) in [6.45, 7) is 5.90. The maximum absolute atomic E-state index is 11.6. The fourth-order valence-electron chi connectivity index (χ4n) is 2.03. The van der Waals surface area contributed by atoms with Gasteiger partial charge in [0.1, 0.15) is 5.75 Å². The van der Waals surface area contributed by atoms with Crippen LogP contribution in [0.1, 0.15) is 22.3 Å². The lowest BCUT2D eigenvalue weighted by atomic mass is 9.96. The summed E-state index contributed by atoms with van der Waals surface area (Å²) in [4.78, 5) is 11.6. The van der Waals surface area contributed by atoms with Crippen LogP contribution in [0.3, 0.4) is 0 Å². The predicted molar refractivity (Wildman–Crippen MR) is 69.1 cm³/mol. The molecule has 0 amide bonds. The minimum atomic E-state index is -3.23. The molecule has 0 radical (unpaired) electrons. The number of benzene rings is 1. The highest BCUT2D eigenvalue weighted by Gasteiger charge is 2.14. The van der Waals surface area contributed by atoms with Crippen LogP contribution in [-0.4, -0.2) is 26.2 Å². The zero-order valence-corrected chi connectivity index (χ0v) is 11.5. The molecule has 0 unspecified atom stereocenters. The quantitative estimate of drug-likeness (QED) is 0.822. The fraction of sp³-hybridized carbons (Fsp3) is 0.462. The van der Waals surface area contributed by atoms with E-state index >= 15 is 0 Å². The summed E-state index contributed by atoms with van der Waals surface area (Å²) in [5, 5.41) is 0. The zero-order valence-electron chi connectivity index (χ0n) is 10.7. The Balaban J connectivity index is 2.93. The third kappa shape index (κ3) is 4.30. The van der Waals surface area contributed by atoms with Crippen molar-refractivity contribution in [1.29, 1.82) is 0 Å². The molecule has 1 aromatic carbocycles. The molecular formula is C13H18O3S. The second-order valence-electron chi connectivity index (χ2n) is 4.66. The van der Waals surface area contributed by atoms with E-state index in [1.165, 1.54) is 0 Å². The molecular weight excluding hydrogens is 236 g/mol. The van der Waals surface area contributed by atoms with E-state index in [0.29, 0.717) is 0 Å². The van der Waals surface area contributed by atoms with Gasteiger partial charge in [0.05, 0.1) is 0 Å². The smallest absolute Gasteiger partial charge is 0.154 e. The summed E-state index contributed by atoms with van der Waals surface area (Å²) in [5.74, 6) is -0.623.